The first-order valence-electron chi connectivity index (χ1n) is 23.1. The van der Waals surface area contributed by atoms with Crippen LogP contribution in [-0.2, 0) is 0 Å². The molecule has 0 amide bonds. The summed E-state index contributed by atoms with van der Waals surface area (Å²) in [7, 11) is 0. The van der Waals surface area contributed by atoms with Crippen LogP contribution in [0, 0.1) is 0 Å². The second-order valence-corrected chi connectivity index (χ2v) is 16.1. The van der Waals surface area contributed by atoms with Gasteiger partial charge in [0.2, 0.25) is 0 Å². The summed E-state index contributed by atoms with van der Waals surface area (Å²) in [5, 5.41) is 6.90. The molecule has 0 atom stereocenters. The van der Waals surface area contributed by atoms with Gasteiger partial charge in [0.15, 0.2) is 17.5 Å². The van der Waals surface area contributed by atoms with Crippen LogP contribution >= 0.6 is 11.3 Å². The Kier molecular flexibility index (Phi) is 6.99. The Morgan fingerprint density at radius 1 is 0.279 bits per heavy atom. The first-order valence-corrected chi connectivity index (χ1v) is 20.9. The summed E-state index contributed by atoms with van der Waals surface area (Å²) in [4.78, 5) is 14.9. The minimum absolute atomic E-state index is 0.0203. The van der Waals surface area contributed by atoms with Gasteiger partial charge in [0, 0.05) is 36.9 Å². The molecule has 0 N–H and O–H groups in total. The first-order chi connectivity index (χ1) is 32.7. The van der Waals surface area contributed by atoms with Crippen LogP contribution in [0.5, 0.6) is 0 Å². The Morgan fingerprint density at radius 2 is 0.738 bits per heavy atom. The molecule has 0 unspecified atom stereocenters. The summed E-state index contributed by atoms with van der Waals surface area (Å²) in [6.45, 7) is 0. The van der Waals surface area contributed by atoms with Crippen LogP contribution in [0.1, 0.15) is 8.22 Å². The number of hydrogen-bond acceptors (Lipinski definition) is 4. The number of benzene rings is 10. The van der Waals surface area contributed by atoms with Crippen molar-refractivity contribution in [2.45, 2.75) is 0 Å². The molecule has 3 nitrogen and oxygen atoms in total. The predicted octanol–water partition coefficient (Wildman–Crippen LogP) is 15.7. The summed E-state index contributed by atoms with van der Waals surface area (Å²) in [6.07, 6.45) is 0. The van der Waals surface area contributed by atoms with E-state index in [9.17, 15) is 8.22 Å². The van der Waals surface area contributed by atoms with E-state index >= 15 is 0 Å². The Balaban J connectivity index is 1.07. The molecule has 0 bridgehead atoms. The molecule has 10 aromatic carbocycles. The quantitative estimate of drug-likeness (QED) is 0.157. The highest BCUT2D eigenvalue weighted by Crippen LogP contribution is 2.41. The summed E-state index contributed by atoms with van der Waals surface area (Å²) in [5.41, 5.74) is 6.31. The van der Waals surface area contributed by atoms with Gasteiger partial charge in [-0.25, -0.2) is 15.0 Å². The molecule has 0 radical (unpaired) electrons. The summed E-state index contributed by atoms with van der Waals surface area (Å²) < 4.78 is 58.0. The van der Waals surface area contributed by atoms with Crippen LogP contribution in [0.3, 0.4) is 0 Å². The SMILES string of the molecule is [2H]c1c(-c2ccc3c4ccccc4c4ccccc4c3c2)c([2H])c2c(sc3c([2H])c(-c4nc(-c5cccc(-c6ccccc6)c5)nc(-c5cccc(-c6ccccc6)c5)n4)c([2H])c([2H])c32)c1[2H]. The maximum absolute atomic E-state index is 9.77. The third-order valence-electron chi connectivity index (χ3n) is 11.4. The molecule has 61 heavy (non-hydrogen) atoms. The van der Waals surface area contributed by atoms with Gasteiger partial charge in [-0.2, -0.15) is 0 Å². The molecule has 0 aliphatic rings. The molecule has 12 rings (SSSR count). The molecule has 2 aromatic heterocycles. The van der Waals surface area contributed by atoms with Gasteiger partial charge in [0.1, 0.15) is 0 Å². The largest absolute Gasteiger partial charge is 0.208 e. The standard InChI is InChI=1S/C57H35N3S/c1-3-13-36(14-4-1)38-17-11-19-42(31-38)55-58-56(43-20-12-18-39(32-43)37-15-5-2-6-16-37)60-57(59-55)44-26-29-50-52-34-41(27-30-53(52)61-54(50)35-44)40-25-28-49-47-23-8-7-21-45(47)46-22-9-10-24-48(46)51(49)33-40/h1-35H/i26D,27D,29D,30D,34D,35D. The average molecular weight is 800 g/mol. The van der Waals surface area contributed by atoms with Gasteiger partial charge in [-0.15, -0.1) is 11.3 Å². The summed E-state index contributed by atoms with van der Waals surface area (Å²) >= 11 is 1.10. The zero-order chi connectivity index (χ0) is 45.5. The van der Waals surface area contributed by atoms with Gasteiger partial charge in [-0.3, -0.25) is 0 Å². The molecular formula is C57H35N3S. The lowest BCUT2D eigenvalue weighted by molar-refractivity contribution is 1.07. The van der Waals surface area contributed by atoms with E-state index < -0.39 is 0 Å². The highest BCUT2D eigenvalue weighted by atomic mass is 32.1. The van der Waals surface area contributed by atoms with E-state index in [2.05, 4.69) is 24.3 Å². The van der Waals surface area contributed by atoms with Crippen molar-refractivity contribution in [1.82, 2.24) is 15.0 Å². The normalized spacial score (nSPS) is 13.0. The molecule has 0 aliphatic heterocycles. The maximum Gasteiger partial charge on any atom is 0.164 e. The average Bonchev–Trinajstić information content (AvgIpc) is 3.80. The van der Waals surface area contributed by atoms with Crippen LogP contribution < -0.4 is 0 Å². The lowest BCUT2D eigenvalue weighted by atomic mass is 9.92. The third kappa shape index (κ3) is 6.24. The van der Waals surface area contributed by atoms with E-state index in [1.165, 1.54) is 0 Å². The van der Waals surface area contributed by atoms with E-state index in [-0.39, 0.29) is 64.0 Å². The van der Waals surface area contributed by atoms with Crippen molar-refractivity contribution in [3.8, 4) is 67.5 Å². The highest BCUT2D eigenvalue weighted by molar-refractivity contribution is 7.25. The van der Waals surface area contributed by atoms with Crippen molar-refractivity contribution in [2.24, 2.45) is 0 Å². The Bertz CT molecular complexity index is 3870. The lowest BCUT2D eigenvalue weighted by Crippen LogP contribution is -2.00. The molecule has 0 spiro atoms. The maximum atomic E-state index is 9.77. The lowest BCUT2D eigenvalue weighted by Gasteiger charge is -2.12. The second kappa shape index (κ2) is 14.5. The fourth-order valence-corrected chi connectivity index (χ4v) is 9.36. The monoisotopic (exact) mass is 799 g/mol. The van der Waals surface area contributed by atoms with E-state index in [1.807, 2.05) is 152 Å². The van der Waals surface area contributed by atoms with Crippen molar-refractivity contribution < 1.29 is 8.22 Å². The molecule has 284 valence electrons. The van der Waals surface area contributed by atoms with Crippen LogP contribution in [0.2, 0.25) is 0 Å². The molecule has 0 saturated heterocycles. The van der Waals surface area contributed by atoms with Gasteiger partial charge in [0.25, 0.3) is 0 Å². The minimum atomic E-state index is -0.275. The second-order valence-electron chi connectivity index (χ2n) is 15.1. The van der Waals surface area contributed by atoms with Crippen molar-refractivity contribution in [2.75, 3.05) is 0 Å². The zero-order valence-corrected chi connectivity index (χ0v) is 33.3. The molecule has 0 fully saturated rings. The zero-order valence-electron chi connectivity index (χ0n) is 38.5. The third-order valence-corrected chi connectivity index (χ3v) is 12.4. The molecule has 4 heteroatoms. The van der Waals surface area contributed by atoms with Crippen LogP contribution in [0.15, 0.2) is 212 Å². The number of aromatic nitrogens is 3. The van der Waals surface area contributed by atoms with Gasteiger partial charge >= 0.3 is 0 Å². The first kappa shape index (κ1) is 29.4. The molecular weight excluding hydrogens is 759 g/mol. The molecule has 0 saturated carbocycles. The van der Waals surface area contributed by atoms with Crippen molar-refractivity contribution in [1.29, 1.82) is 0 Å². The Morgan fingerprint density at radius 3 is 1.33 bits per heavy atom. The van der Waals surface area contributed by atoms with Crippen LogP contribution in [0.25, 0.3) is 120 Å². The smallest absolute Gasteiger partial charge is 0.164 e. The highest BCUT2D eigenvalue weighted by Gasteiger charge is 2.17. The Labute approximate surface area is 365 Å². The Hall–Kier alpha value is -7.79. The van der Waals surface area contributed by atoms with Gasteiger partial charge in [-0.1, -0.05) is 176 Å². The number of rotatable bonds is 6. The van der Waals surface area contributed by atoms with Gasteiger partial charge in [-0.05, 0) is 102 Å². The summed E-state index contributed by atoms with van der Waals surface area (Å²) in [5.74, 6) is 0.741. The fraction of sp³-hybridized carbons (Fsp3) is 0. The van der Waals surface area contributed by atoms with Crippen molar-refractivity contribution >= 4 is 63.8 Å². The van der Waals surface area contributed by atoms with Crippen LogP contribution in [-0.4, -0.2) is 15.0 Å². The van der Waals surface area contributed by atoms with Crippen LogP contribution in [0.4, 0.5) is 0 Å². The fourth-order valence-electron chi connectivity index (χ4n) is 8.39. The predicted molar refractivity (Wildman–Crippen MR) is 258 cm³/mol. The minimum Gasteiger partial charge on any atom is -0.208 e. The van der Waals surface area contributed by atoms with Gasteiger partial charge in [0.05, 0.1) is 8.22 Å². The van der Waals surface area contributed by atoms with Crippen molar-refractivity contribution in [3.05, 3.63) is 212 Å². The van der Waals surface area contributed by atoms with E-state index in [4.69, 9.17) is 15.0 Å². The topological polar surface area (TPSA) is 38.7 Å². The molecule has 12 aromatic rings. The van der Waals surface area contributed by atoms with E-state index in [1.54, 1.807) is 0 Å². The number of thiophene rings is 1. The summed E-state index contributed by atoms with van der Waals surface area (Å²) in [6, 6.07) is 57.5. The van der Waals surface area contributed by atoms with E-state index in [0.717, 1.165) is 65.9 Å². The molecule has 0 aliphatic carbocycles. The number of nitrogens with zero attached hydrogens (tertiary/aromatic N) is 3. The van der Waals surface area contributed by atoms with Gasteiger partial charge < -0.3 is 0 Å². The van der Waals surface area contributed by atoms with Crippen molar-refractivity contribution in [3.63, 3.8) is 0 Å². The van der Waals surface area contributed by atoms with E-state index in [0.29, 0.717) is 37.7 Å². The number of fused-ring (bicyclic) bond motifs is 9. The molecule has 2 heterocycles. The number of hydrogen-bond donors (Lipinski definition) is 0.